The largest absolute Gasteiger partial charge is 0.342 e. The van der Waals surface area contributed by atoms with Crippen molar-refractivity contribution in [2.24, 2.45) is 0 Å². The molecular formula is C16H13N3O5. The molecular weight excluding hydrogens is 314 g/mol. The summed E-state index contributed by atoms with van der Waals surface area (Å²) < 4.78 is 0. The first-order chi connectivity index (χ1) is 11.4. The maximum atomic E-state index is 12.3. The van der Waals surface area contributed by atoms with Gasteiger partial charge in [-0.3, -0.25) is 25.0 Å². The van der Waals surface area contributed by atoms with E-state index in [9.17, 15) is 25.0 Å². The minimum atomic E-state index is -0.786. The van der Waals surface area contributed by atoms with Crippen LogP contribution in [0, 0.1) is 20.2 Å². The summed E-state index contributed by atoms with van der Waals surface area (Å²) in [5, 5.41) is 24.4. The molecule has 0 heterocycles. The van der Waals surface area contributed by atoms with Crippen LogP contribution in [0.25, 0.3) is 0 Å². The normalized spacial score (nSPS) is 11.3. The molecule has 0 radical (unpaired) electrons. The second kappa shape index (κ2) is 7.14. The van der Waals surface area contributed by atoms with Crippen LogP contribution in [-0.2, 0) is 0 Å². The van der Waals surface area contributed by atoms with Gasteiger partial charge in [-0.05, 0) is 5.56 Å². The number of nitro benzene ring substituents is 2. The number of carbonyl (C=O) groups excluding carboxylic acids is 1. The van der Waals surface area contributed by atoms with E-state index in [2.05, 4.69) is 11.9 Å². The molecule has 0 spiro atoms. The number of nitrogens with zero attached hydrogens (tertiary/aromatic N) is 2. The van der Waals surface area contributed by atoms with Gasteiger partial charge in [0.15, 0.2) is 0 Å². The van der Waals surface area contributed by atoms with Gasteiger partial charge in [0.25, 0.3) is 17.3 Å². The molecule has 0 aliphatic heterocycles. The molecule has 0 unspecified atom stereocenters. The molecule has 0 fully saturated rings. The minimum absolute atomic E-state index is 0.168. The Balaban J connectivity index is 2.33. The van der Waals surface area contributed by atoms with Gasteiger partial charge in [0, 0.05) is 12.1 Å². The Kier molecular flexibility index (Phi) is 5.00. The number of carbonyl (C=O) groups is 1. The number of nitro groups is 2. The molecule has 1 atom stereocenters. The quantitative estimate of drug-likeness (QED) is 0.497. The summed E-state index contributed by atoms with van der Waals surface area (Å²) in [6.45, 7) is 3.64. The third-order valence-corrected chi connectivity index (χ3v) is 3.27. The Labute approximate surface area is 136 Å². The molecule has 0 bridgehead atoms. The van der Waals surface area contributed by atoms with Crippen molar-refractivity contribution in [2.45, 2.75) is 6.04 Å². The highest BCUT2D eigenvalue weighted by Gasteiger charge is 2.21. The Morgan fingerprint density at radius 1 is 1.04 bits per heavy atom. The number of hydrogen-bond donors (Lipinski definition) is 1. The van der Waals surface area contributed by atoms with Gasteiger partial charge < -0.3 is 5.32 Å². The second-order valence-corrected chi connectivity index (χ2v) is 4.85. The Hall–Kier alpha value is -3.55. The van der Waals surface area contributed by atoms with Gasteiger partial charge in [0.05, 0.1) is 27.5 Å². The summed E-state index contributed by atoms with van der Waals surface area (Å²) in [5.74, 6) is -0.671. The number of benzene rings is 2. The summed E-state index contributed by atoms with van der Waals surface area (Å²) in [4.78, 5) is 32.5. The lowest BCUT2D eigenvalue weighted by molar-refractivity contribution is -0.394. The maximum Gasteiger partial charge on any atom is 0.277 e. The standard InChI is InChI=1S/C16H13N3O5/c1-2-15(11-6-4-3-5-7-11)17-16(20)12-8-13(18(21)22)10-14(9-12)19(23)24/h2-10,15H,1H2,(H,17,20)/t15-/m0/s1. The molecule has 8 nitrogen and oxygen atoms in total. The molecule has 1 amide bonds. The Bertz CT molecular complexity index is 772. The van der Waals surface area contributed by atoms with Crippen LogP contribution in [0.4, 0.5) is 11.4 Å². The smallest absolute Gasteiger partial charge is 0.277 e. The lowest BCUT2D eigenvalue weighted by Crippen LogP contribution is -2.27. The van der Waals surface area contributed by atoms with Gasteiger partial charge in [-0.2, -0.15) is 0 Å². The summed E-state index contributed by atoms with van der Waals surface area (Å²) in [6.07, 6.45) is 1.50. The molecule has 2 aromatic rings. The molecule has 122 valence electrons. The fourth-order valence-corrected chi connectivity index (χ4v) is 2.10. The van der Waals surface area contributed by atoms with Crippen molar-refractivity contribution in [1.29, 1.82) is 0 Å². The van der Waals surface area contributed by atoms with Crippen LogP contribution in [0.3, 0.4) is 0 Å². The van der Waals surface area contributed by atoms with E-state index in [0.717, 1.165) is 23.8 Å². The van der Waals surface area contributed by atoms with Crippen LogP contribution in [0.5, 0.6) is 0 Å². The Morgan fingerprint density at radius 2 is 1.58 bits per heavy atom. The average molecular weight is 327 g/mol. The lowest BCUT2D eigenvalue weighted by atomic mass is 10.1. The molecule has 2 aromatic carbocycles. The summed E-state index contributed by atoms with van der Waals surface area (Å²) >= 11 is 0. The zero-order valence-electron chi connectivity index (χ0n) is 12.4. The predicted molar refractivity (Wildman–Crippen MR) is 86.6 cm³/mol. The first kappa shape index (κ1) is 16.8. The number of amides is 1. The average Bonchev–Trinajstić information content (AvgIpc) is 2.59. The predicted octanol–water partition coefficient (Wildman–Crippen LogP) is 3.16. The van der Waals surface area contributed by atoms with Crippen molar-refractivity contribution in [3.8, 4) is 0 Å². The van der Waals surface area contributed by atoms with Crippen LogP contribution in [0.15, 0.2) is 61.2 Å². The molecule has 0 aliphatic rings. The van der Waals surface area contributed by atoms with Gasteiger partial charge in [0.2, 0.25) is 0 Å². The first-order valence-electron chi connectivity index (χ1n) is 6.84. The van der Waals surface area contributed by atoms with Crippen LogP contribution in [0.1, 0.15) is 22.0 Å². The van der Waals surface area contributed by atoms with Crippen molar-refractivity contribution in [2.75, 3.05) is 0 Å². The van der Waals surface area contributed by atoms with E-state index >= 15 is 0 Å². The fourth-order valence-electron chi connectivity index (χ4n) is 2.10. The number of nitrogens with one attached hydrogen (secondary N) is 1. The van der Waals surface area contributed by atoms with Gasteiger partial charge in [0.1, 0.15) is 0 Å². The summed E-state index contributed by atoms with van der Waals surface area (Å²) in [5.41, 5.74) is -0.451. The summed E-state index contributed by atoms with van der Waals surface area (Å²) in [6, 6.07) is 11.2. The molecule has 24 heavy (non-hydrogen) atoms. The molecule has 8 heteroatoms. The lowest BCUT2D eigenvalue weighted by Gasteiger charge is -2.15. The van der Waals surface area contributed by atoms with Crippen molar-refractivity contribution < 1.29 is 14.6 Å². The van der Waals surface area contributed by atoms with Gasteiger partial charge in [-0.15, -0.1) is 6.58 Å². The van der Waals surface area contributed by atoms with E-state index in [1.54, 1.807) is 24.3 Å². The van der Waals surface area contributed by atoms with E-state index in [4.69, 9.17) is 0 Å². The zero-order chi connectivity index (χ0) is 17.7. The highest BCUT2D eigenvalue weighted by atomic mass is 16.6. The van der Waals surface area contributed by atoms with Gasteiger partial charge in [-0.1, -0.05) is 36.4 Å². The van der Waals surface area contributed by atoms with Crippen molar-refractivity contribution in [1.82, 2.24) is 5.32 Å². The van der Waals surface area contributed by atoms with Crippen LogP contribution in [0.2, 0.25) is 0 Å². The number of rotatable bonds is 6. The fraction of sp³-hybridized carbons (Fsp3) is 0.0625. The minimum Gasteiger partial charge on any atom is -0.342 e. The van der Waals surface area contributed by atoms with Crippen molar-refractivity contribution in [3.63, 3.8) is 0 Å². The van der Waals surface area contributed by atoms with E-state index in [1.165, 1.54) is 6.08 Å². The van der Waals surface area contributed by atoms with Gasteiger partial charge >= 0.3 is 0 Å². The molecule has 0 aliphatic carbocycles. The monoisotopic (exact) mass is 327 g/mol. The zero-order valence-corrected chi connectivity index (χ0v) is 12.4. The first-order valence-corrected chi connectivity index (χ1v) is 6.84. The number of hydrogen-bond acceptors (Lipinski definition) is 5. The molecule has 0 saturated carbocycles. The topological polar surface area (TPSA) is 115 Å². The van der Waals surface area contributed by atoms with Gasteiger partial charge in [-0.25, -0.2) is 0 Å². The number of non-ortho nitro benzene ring substituents is 2. The summed E-state index contributed by atoms with van der Waals surface area (Å²) in [7, 11) is 0. The third-order valence-electron chi connectivity index (χ3n) is 3.27. The Morgan fingerprint density at radius 3 is 2.04 bits per heavy atom. The van der Waals surface area contributed by atoms with Crippen molar-refractivity contribution >= 4 is 17.3 Å². The molecule has 0 aromatic heterocycles. The maximum absolute atomic E-state index is 12.3. The van der Waals surface area contributed by atoms with E-state index in [0.29, 0.717) is 0 Å². The van der Waals surface area contributed by atoms with E-state index in [1.807, 2.05) is 6.07 Å². The molecule has 0 saturated heterocycles. The van der Waals surface area contributed by atoms with E-state index in [-0.39, 0.29) is 5.56 Å². The van der Waals surface area contributed by atoms with Crippen LogP contribution in [-0.4, -0.2) is 15.8 Å². The second-order valence-electron chi connectivity index (χ2n) is 4.85. The molecule has 2 rings (SSSR count). The van der Waals surface area contributed by atoms with Crippen LogP contribution >= 0.6 is 0 Å². The highest BCUT2D eigenvalue weighted by Crippen LogP contribution is 2.23. The van der Waals surface area contributed by atoms with Crippen LogP contribution < -0.4 is 5.32 Å². The van der Waals surface area contributed by atoms with E-state index < -0.39 is 33.2 Å². The highest BCUT2D eigenvalue weighted by molar-refractivity contribution is 5.96. The third kappa shape index (κ3) is 3.80. The molecule has 1 N–H and O–H groups in total. The van der Waals surface area contributed by atoms with Crippen molar-refractivity contribution in [3.05, 3.63) is 92.5 Å². The SMILES string of the molecule is C=C[C@H](NC(=O)c1cc([N+](=O)[O-])cc([N+](=O)[O-])c1)c1ccccc1.